The molecule has 0 N–H and O–H groups in total. The van der Waals surface area contributed by atoms with E-state index in [9.17, 15) is 4.79 Å². The smallest absolute Gasteiger partial charge is 0.231 e. The van der Waals surface area contributed by atoms with Crippen molar-refractivity contribution in [3.05, 3.63) is 22.8 Å². The van der Waals surface area contributed by atoms with Gasteiger partial charge in [-0.3, -0.25) is 0 Å². The zero-order valence-corrected chi connectivity index (χ0v) is 9.87. The third kappa shape index (κ3) is 1.66. The van der Waals surface area contributed by atoms with Crippen molar-refractivity contribution >= 4 is 6.29 Å². The third-order valence-electron chi connectivity index (χ3n) is 3.17. The molecule has 1 heterocycles. The van der Waals surface area contributed by atoms with Gasteiger partial charge in [-0.15, -0.1) is 0 Å². The van der Waals surface area contributed by atoms with Crippen LogP contribution in [0.1, 0.15) is 36.0 Å². The van der Waals surface area contributed by atoms with Gasteiger partial charge in [0.2, 0.25) is 6.79 Å². The predicted octanol–water partition coefficient (Wildman–Crippen LogP) is 2.72. The highest BCUT2D eigenvalue weighted by Crippen LogP contribution is 2.43. The molecule has 0 saturated carbocycles. The molecule has 0 aliphatic carbocycles. The number of rotatable bonds is 3. The lowest BCUT2D eigenvalue weighted by Gasteiger charge is -2.16. The van der Waals surface area contributed by atoms with Crippen molar-refractivity contribution in [2.45, 2.75) is 33.1 Å². The van der Waals surface area contributed by atoms with E-state index in [-0.39, 0.29) is 12.7 Å². The maximum Gasteiger partial charge on any atom is 0.231 e. The van der Waals surface area contributed by atoms with Gasteiger partial charge in [0, 0.05) is 12.0 Å². The molecule has 1 unspecified atom stereocenters. The second-order valence-corrected chi connectivity index (χ2v) is 4.27. The Morgan fingerprint density at radius 1 is 1.44 bits per heavy atom. The summed E-state index contributed by atoms with van der Waals surface area (Å²) in [7, 11) is 0. The third-order valence-corrected chi connectivity index (χ3v) is 3.17. The van der Waals surface area contributed by atoms with Crippen LogP contribution < -0.4 is 9.47 Å². The van der Waals surface area contributed by atoms with Crippen molar-refractivity contribution < 1.29 is 14.3 Å². The molecule has 0 fully saturated rings. The predicted molar refractivity (Wildman–Crippen MR) is 61.1 cm³/mol. The van der Waals surface area contributed by atoms with Crippen LogP contribution in [0, 0.1) is 13.8 Å². The summed E-state index contributed by atoms with van der Waals surface area (Å²) in [6, 6.07) is 1.99. The van der Waals surface area contributed by atoms with Crippen LogP contribution in [0.2, 0.25) is 0 Å². The zero-order valence-electron chi connectivity index (χ0n) is 9.87. The second-order valence-electron chi connectivity index (χ2n) is 4.27. The highest BCUT2D eigenvalue weighted by molar-refractivity contribution is 5.59. The molecule has 3 nitrogen and oxygen atoms in total. The Balaban J connectivity index is 2.53. The van der Waals surface area contributed by atoms with Crippen LogP contribution in [-0.2, 0) is 4.79 Å². The van der Waals surface area contributed by atoms with E-state index in [1.54, 1.807) is 0 Å². The molecule has 1 aromatic rings. The van der Waals surface area contributed by atoms with Gasteiger partial charge in [0.1, 0.15) is 6.29 Å². The Hall–Kier alpha value is -1.51. The Labute approximate surface area is 95.4 Å². The van der Waals surface area contributed by atoms with Crippen LogP contribution in [0.3, 0.4) is 0 Å². The second kappa shape index (κ2) is 4.16. The van der Waals surface area contributed by atoms with Crippen molar-refractivity contribution in [1.29, 1.82) is 0 Å². The van der Waals surface area contributed by atoms with Gasteiger partial charge < -0.3 is 14.3 Å². The van der Waals surface area contributed by atoms with Gasteiger partial charge in [-0.25, -0.2) is 0 Å². The highest BCUT2D eigenvalue weighted by Gasteiger charge is 2.24. The average Bonchev–Trinajstić information content (AvgIpc) is 2.67. The first-order valence-corrected chi connectivity index (χ1v) is 5.48. The number of aryl methyl sites for hydroxylation is 1. The summed E-state index contributed by atoms with van der Waals surface area (Å²) in [5.41, 5.74) is 3.48. The Bertz CT molecular complexity index is 424. The number of carbonyl (C=O) groups is 1. The van der Waals surface area contributed by atoms with Gasteiger partial charge in [-0.2, -0.15) is 0 Å². The number of aldehydes is 1. The minimum Gasteiger partial charge on any atom is -0.454 e. The Morgan fingerprint density at radius 3 is 2.88 bits per heavy atom. The molecule has 1 aliphatic rings. The minimum absolute atomic E-state index is 0.174. The molecule has 1 aliphatic heterocycles. The first-order chi connectivity index (χ1) is 7.65. The average molecular weight is 220 g/mol. The fraction of sp³-hybridized carbons (Fsp3) is 0.462. The number of hydrogen-bond acceptors (Lipinski definition) is 3. The molecular weight excluding hydrogens is 204 g/mol. The molecule has 1 aromatic carbocycles. The molecule has 0 radical (unpaired) electrons. The van der Waals surface area contributed by atoms with Crippen molar-refractivity contribution in [3.8, 4) is 11.5 Å². The Morgan fingerprint density at radius 2 is 2.19 bits per heavy atom. The van der Waals surface area contributed by atoms with Gasteiger partial charge in [0.05, 0.1) is 0 Å². The van der Waals surface area contributed by atoms with Crippen LogP contribution in [-0.4, -0.2) is 13.1 Å². The lowest BCUT2D eigenvalue weighted by atomic mass is 9.90. The SMILES string of the molecule is Cc1cc2c(c(C(C)CC=O)c1C)OCO2. The van der Waals surface area contributed by atoms with E-state index in [1.807, 2.05) is 13.0 Å². The van der Waals surface area contributed by atoms with E-state index in [4.69, 9.17) is 9.47 Å². The number of hydrogen-bond donors (Lipinski definition) is 0. The van der Waals surface area contributed by atoms with Crippen molar-refractivity contribution in [1.82, 2.24) is 0 Å². The molecule has 0 spiro atoms. The lowest BCUT2D eigenvalue weighted by Crippen LogP contribution is -2.02. The van der Waals surface area contributed by atoms with Crippen molar-refractivity contribution in [3.63, 3.8) is 0 Å². The normalized spacial score (nSPS) is 14.9. The molecule has 0 saturated heterocycles. The van der Waals surface area contributed by atoms with Crippen LogP contribution >= 0.6 is 0 Å². The van der Waals surface area contributed by atoms with Gasteiger partial charge >= 0.3 is 0 Å². The topological polar surface area (TPSA) is 35.5 Å². The highest BCUT2D eigenvalue weighted by atomic mass is 16.7. The Kier molecular flexibility index (Phi) is 2.86. The lowest BCUT2D eigenvalue weighted by molar-refractivity contribution is -0.108. The van der Waals surface area contributed by atoms with Gasteiger partial charge in [-0.05, 0) is 37.0 Å². The van der Waals surface area contributed by atoms with Crippen molar-refractivity contribution in [2.75, 3.05) is 6.79 Å². The van der Waals surface area contributed by atoms with Crippen molar-refractivity contribution in [2.24, 2.45) is 0 Å². The summed E-state index contributed by atoms with van der Waals surface area (Å²) >= 11 is 0. The minimum atomic E-state index is 0.174. The molecule has 2 rings (SSSR count). The quantitative estimate of drug-likeness (QED) is 0.735. The van der Waals surface area contributed by atoms with E-state index >= 15 is 0 Å². The number of benzene rings is 1. The number of fused-ring (bicyclic) bond motifs is 1. The molecule has 16 heavy (non-hydrogen) atoms. The standard InChI is InChI=1S/C13H16O3/c1-8(4-5-14)12-10(3)9(2)6-11-13(12)16-7-15-11/h5-6,8H,4,7H2,1-3H3. The maximum absolute atomic E-state index is 10.6. The molecule has 0 bridgehead atoms. The summed E-state index contributed by atoms with van der Waals surface area (Å²) in [4.78, 5) is 10.6. The summed E-state index contributed by atoms with van der Waals surface area (Å²) < 4.78 is 10.9. The summed E-state index contributed by atoms with van der Waals surface area (Å²) in [6.45, 7) is 6.43. The van der Waals surface area contributed by atoms with E-state index in [0.717, 1.165) is 23.3 Å². The largest absolute Gasteiger partial charge is 0.454 e. The van der Waals surface area contributed by atoms with E-state index < -0.39 is 0 Å². The van der Waals surface area contributed by atoms with E-state index in [2.05, 4.69) is 13.8 Å². The molecular formula is C13H16O3. The summed E-state index contributed by atoms with van der Waals surface area (Å²) in [5.74, 6) is 1.79. The van der Waals surface area contributed by atoms with E-state index in [0.29, 0.717) is 6.42 Å². The maximum atomic E-state index is 10.6. The van der Waals surface area contributed by atoms with Gasteiger partial charge in [-0.1, -0.05) is 6.92 Å². The molecule has 86 valence electrons. The number of ether oxygens (including phenoxy) is 2. The molecule has 0 aromatic heterocycles. The van der Waals surface area contributed by atoms with E-state index in [1.165, 1.54) is 11.1 Å². The van der Waals surface area contributed by atoms with Crippen LogP contribution in [0.15, 0.2) is 6.07 Å². The zero-order chi connectivity index (χ0) is 11.7. The molecule has 3 heteroatoms. The monoisotopic (exact) mass is 220 g/mol. The fourth-order valence-electron chi connectivity index (χ4n) is 2.15. The fourth-order valence-corrected chi connectivity index (χ4v) is 2.15. The number of carbonyl (C=O) groups excluding carboxylic acids is 1. The van der Waals surface area contributed by atoms with Gasteiger partial charge in [0.15, 0.2) is 11.5 Å². The summed E-state index contributed by atoms with van der Waals surface area (Å²) in [5, 5.41) is 0. The summed E-state index contributed by atoms with van der Waals surface area (Å²) in [6.07, 6.45) is 1.47. The van der Waals surface area contributed by atoms with Crippen LogP contribution in [0.4, 0.5) is 0 Å². The molecule has 0 amide bonds. The van der Waals surface area contributed by atoms with Gasteiger partial charge in [0.25, 0.3) is 0 Å². The first kappa shape index (κ1) is 11.0. The molecule has 1 atom stereocenters. The van der Waals surface area contributed by atoms with Crippen LogP contribution in [0.25, 0.3) is 0 Å². The first-order valence-electron chi connectivity index (χ1n) is 5.48. The van der Waals surface area contributed by atoms with Crippen LogP contribution in [0.5, 0.6) is 11.5 Å².